The van der Waals surface area contributed by atoms with Gasteiger partial charge in [0.05, 0.1) is 4.99 Å². The van der Waals surface area contributed by atoms with Gasteiger partial charge in [-0.05, 0) is 37.6 Å². The molecule has 96 valence electrons. The number of nitrogens with zero attached hydrogens (tertiary/aromatic N) is 2. The fourth-order valence-corrected chi connectivity index (χ4v) is 3.92. The summed E-state index contributed by atoms with van der Waals surface area (Å²) < 4.78 is 0. The summed E-state index contributed by atoms with van der Waals surface area (Å²) >= 11 is 5.08. The lowest BCUT2D eigenvalue weighted by Crippen LogP contribution is -2.51. The quantitative estimate of drug-likeness (QED) is 0.764. The summed E-state index contributed by atoms with van der Waals surface area (Å²) in [6.45, 7) is 6.35. The Hall–Kier alpha value is -0.190. The predicted molar refractivity (Wildman–Crippen MR) is 74.1 cm³/mol. The molecule has 0 aromatic rings. The van der Waals surface area contributed by atoms with Crippen LogP contribution >= 0.6 is 12.2 Å². The van der Waals surface area contributed by atoms with Gasteiger partial charge in [-0.25, -0.2) is 0 Å². The highest BCUT2D eigenvalue weighted by atomic mass is 32.1. The second-order valence-electron chi connectivity index (χ2n) is 6.21. The topological polar surface area (TPSA) is 32.5 Å². The van der Waals surface area contributed by atoms with E-state index in [1.54, 1.807) is 0 Å². The standard InChI is InChI=1S/C13H23N3S/c14-12(17)8-13(3-4-13)10-15-6-7-16-5-1-2-11(16)9-15/h11H,1-10H2,(H2,14,17). The number of hydrogen-bond acceptors (Lipinski definition) is 3. The molecule has 2 N–H and O–H groups in total. The van der Waals surface area contributed by atoms with Gasteiger partial charge in [-0.1, -0.05) is 12.2 Å². The molecule has 17 heavy (non-hydrogen) atoms. The van der Waals surface area contributed by atoms with Crippen LogP contribution in [0, 0.1) is 5.41 Å². The zero-order valence-corrected chi connectivity index (χ0v) is 11.3. The van der Waals surface area contributed by atoms with Crippen LogP contribution in [0.3, 0.4) is 0 Å². The number of nitrogens with two attached hydrogens (primary N) is 1. The molecule has 1 atom stereocenters. The van der Waals surface area contributed by atoms with E-state index in [2.05, 4.69) is 9.80 Å². The Kier molecular flexibility index (Phi) is 3.13. The minimum absolute atomic E-state index is 0.465. The van der Waals surface area contributed by atoms with Gasteiger partial charge in [-0.15, -0.1) is 0 Å². The third-order valence-corrected chi connectivity index (χ3v) is 4.88. The zero-order chi connectivity index (χ0) is 11.9. The highest BCUT2D eigenvalue weighted by Crippen LogP contribution is 2.49. The molecule has 3 nitrogen and oxygen atoms in total. The van der Waals surface area contributed by atoms with Gasteiger partial charge in [-0.2, -0.15) is 0 Å². The summed E-state index contributed by atoms with van der Waals surface area (Å²) in [5.41, 5.74) is 6.18. The van der Waals surface area contributed by atoms with Crippen molar-refractivity contribution in [2.45, 2.75) is 38.1 Å². The number of thiocarbonyl (C=S) groups is 1. The normalized spacial score (nSPS) is 32.4. The monoisotopic (exact) mass is 253 g/mol. The van der Waals surface area contributed by atoms with Crippen LogP contribution in [0.15, 0.2) is 0 Å². The molecule has 0 bridgehead atoms. The average Bonchev–Trinajstić information content (AvgIpc) is 2.85. The minimum atomic E-state index is 0.465. The Morgan fingerprint density at radius 2 is 2.12 bits per heavy atom. The van der Waals surface area contributed by atoms with E-state index in [0.717, 1.165) is 12.5 Å². The molecule has 3 aliphatic rings. The van der Waals surface area contributed by atoms with Crippen LogP contribution in [0.4, 0.5) is 0 Å². The second kappa shape index (κ2) is 4.48. The Morgan fingerprint density at radius 3 is 2.82 bits per heavy atom. The molecule has 1 aliphatic carbocycles. The smallest absolute Gasteiger partial charge is 0.0733 e. The van der Waals surface area contributed by atoms with Crippen molar-refractivity contribution in [2.24, 2.45) is 11.1 Å². The summed E-state index contributed by atoms with van der Waals surface area (Å²) in [6, 6.07) is 0.837. The molecular formula is C13H23N3S. The van der Waals surface area contributed by atoms with Crippen molar-refractivity contribution < 1.29 is 0 Å². The number of fused-ring (bicyclic) bond motifs is 1. The van der Waals surface area contributed by atoms with E-state index >= 15 is 0 Å². The maximum atomic E-state index is 5.71. The van der Waals surface area contributed by atoms with E-state index < -0.39 is 0 Å². The van der Waals surface area contributed by atoms with Crippen molar-refractivity contribution in [1.29, 1.82) is 0 Å². The second-order valence-corrected chi connectivity index (χ2v) is 6.73. The molecule has 0 radical (unpaired) electrons. The highest BCUT2D eigenvalue weighted by Gasteiger charge is 2.45. The van der Waals surface area contributed by atoms with Crippen molar-refractivity contribution >= 4 is 17.2 Å². The summed E-state index contributed by atoms with van der Waals surface area (Å²) in [4.78, 5) is 6.04. The van der Waals surface area contributed by atoms with Crippen molar-refractivity contribution in [2.75, 3.05) is 32.7 Å². The first-order chi connectivity index (χ1) is 8.17. The number of piperazine rings is 1. The molecule has 0 amide bonds. The van der Waals surface area contributed by atoms with Crippen LogP contribution in [0.2, 0.25) is 0 Å². The molecule has 0 aromatic carbocycles. The van der Waals surface area contributed by atoms with Gasteiger partial charge in [0.15, 0.2) is 0 Å². The third-order valence-electron chi connectivity index (χ3n) is 4.74. The average molecular weight is 253 g/mol. The zero-order valence-electron chi connectivity index (χ0n) is 10.5. The molecule has 4 heteroatoms. The van der Waals surface area contributed by atoms with E-state index in [1.807, 2.05) is 0 Å². The fraction of sp³-hybridized carbons (Fsp3) is 0.923. The van der Waals surface area contributed by atoms with Crippen molar-refractivity contribution in [3.05, 3.63) is 0 Å². The van der Waals surface area contributed by atoms with Gasteiger partial charge >= 0.3 is 0 Å². The van der Waals surface area contributed by atoms with E-state index in [1.165, 1.54) is 58.4 Å². The summed E-state index contributed by atoms with van der Waals surface area (Å²) in [7, 11) is 0. The van der Waals surface area contributed by atoms with Crippen LogP contribution in [-0.4, -0.2) is 53.6 Å². The molecule has 1 unspecified atom stereocenters. The van der Waals surface area contributed by atoms with Crippen molar-refractivity contribution in [3.8, 4) is 0 Å². The molecule has 0 aromatic heterocycles. The van der Waals surface area contributed by atoms with E-state index in [4.69, 9.17) is 18.0 Å². The molecule has 2 heterocycles. The predicted octanol–water partition coefficient (Wildman–Crippen LogP) is 1.22. The Morgan fingerprint density at radius 1 is 1.29 bits per heavy atom. The first kappa shape index (κ1) is 11.9. The van der Waals surface area contributed by atoms with Gasteiger partial charge in [0, 0.05) is 38.6 Å². The SMILES string of the molecule is NC(=S)CC1(CN2CCN3CCCC3C2)CC1. The molecule has 1 saturated carbocycles. The first-order valence-corrected chi connectivity index (χ1v) is 7.32. The van der Waals surface area contributed by atoms with Gasteiger partial charge in [0.25, 0.3) is 0 Å². The lowest BCUT2D eigenvalue weighted by Gasteiger charge is -2.39. The van der Waals surface area contributed by atoms with E-state index in [9.17, 15) is 0 Å². The lowest BCUT2D eigenvalue weighted by molar-refractivity contribution is 0.0888. The maximum absolute atomic E-state index is 5.71. The van der Waals surface area contributed by atoms with Crippen molar-refractivity contribution in [3.63, 3.8) is 0 Å². The number of rotatable bonds is 4. The Balaban J connectivity index is 1.54. The van der Waals surface area contributed by atoms with Crippen LogP contribution < -0.4 is 5.73 Å². The van der Waals surface area contributed by atoms with Crippen molar-refractivity contribution in [1.82, 2.24) is 9.80 Å². The van der Waals surface area contributed by atoms with E-state index in [0.29, 0.717) is 10.4 Å². The minimum Gasteiger partial charge on any atom is -0.393 e. The largest absolute Gasteiger partial charge is 0.393 e. The fourth-order valence-electron chi connectivity index (χ4n) is 3.61. The van der Waals surface area contributed by atoms with Gasteiger partial charge < -0.3 is 5.73 Å². The highest BCUT2D eigenvalue weighted by molar-refractivity contribution is 7.80. The van der Waals surface area contributed by atoms with Gasteiger partial charge in [0.1, 0.15) is 0 Å². The summed E-state index contributed by atoms with van der Waals surface area (Å²) in [5.74, 6) is 0. The molecule has 3 fully saturated rings. The number of hydrogen-bond donors (Lipinski definition) is 1. The third kappa shape index (κ3) is 2.64. The summed E-state index contributed by atoms with van der Waals surface area (Å²) in [5, 5.41) is 0. The molecule has 2 aliphatic heterocycles. The van der Waals surface area contributed by atoms with Crippen LogP contribution in [0.5, 0.6) is 0 Å². The molecule has 0 spiro atoms. The van der Waals surface area contributed by atoms with Crippen LogP contribution in [0.1, 0.15) is 32.1 Å². The van der Waals surface area contributed by atoms with Crippen LogP contribution in [-0.2, 0) is 0 Å². The van der Waals surface area contributed by atoms with E-state index in [-0.39, 0.29) is 0 Å². The maximum Gasteiger partial charge on any atom is 0.0733 e. The molecule has 2 saturated heterocycles. The van der Waals surface area contributed by atoms with Crippen LogP contribution in [0.25, 0.3) is 0 Å². The Labute approximate surface area is 109 Å². The molecular weight excluding hydrogens is 230 g/mol. The van der Waals surface area contributed by atoms with Gasteiger partial charge in [-0.3, -0.25) is 9.80 Å². The first-order valence-electron chi connectivity index (χ1n) is 6.92. The Bertz CT molecular complexity index is 314. The van der Waals surface area contributed by atoms with Gasteiger partial charge in [0.2, 0.25) is 0 Å². The molecule has 3 rings (SSSR count). The lowest BCUT2D eigenvalue weighted by atomic mass is 10.0. The summed E-state index contributed by atoms with van der Waals surface area (Å²) in [6.07, 6.45) is 6.42.